The van der Waals surface area contributed by atoms with E-state index in [2.05, 4.69) is 15.0 Å². The fraction of sp³-hybridized carbons (Fsp3) is 0.200. The van der Waals surface area contributed by atoms with Crippen molar-refractivity contribution in [1.82, 2.24) is 24.3 Å². The lowest BCUT2D eigenvalue weighted by Gasteiger charge is -2.17. The number of pyridine rings is 1. The maximum Gasteiger partial charge on any atom is 0.282 e. The first-order chi connectivity index (χ1) is 11.5. The van der Waals surface area contributed by atoms with Gasteiger partial charge in [-0.2, -0.15) is 0 Å². The Balaban J connectivity index is 1.97. The van der Waals surface area contributed by atoms with E-state index in [0.29, 0.717) is 10.7 Å². The smallest absolute Gasteiger partial charge is 0.282 e. The summed E-state index contributed by atoms with van der Waals surface area (Å²) in [4.78, 5) is 25.7. The van der Waals surface area contributed by atoms with Crippen molar-refractivity contribution in [3.05, 3.63) is 59.0 Å². The van der Waals surface area contributed by atoms with Gasteiger partial charge in [-0.15, -0.1) is 0 Å². The molecule has 0 N–H and O–H groups in total. The van der Waals surface area contributed by atoms with Crippen molar-refractivity contribution in [2.75, 3.05) is 7.05 Å². The number of hydrogen-bond acceptors (Lipinski definition) is 4. The molecule has 3 heterocycles. The lowest BCUT2D eigenvalue weighted by atomic mass is 10.2. The highest BCUT2D eigenvalue weighted by Gasteiger charge is 2.27. The van der Waals surface area contributed by atoms with E-state index in [1.807, 2.05) is 0 Å². The van der Waals surface area contributed by atoms with Crippen molar-refractivity contribution in [1.29, 1.82) is 0 Å². The fourth-order valence-corrected chi connectivity index (χ4v) is 2.50. The van der Waals surface area contributed by atoms with Crippen LogP contribution in [0.2, 0.25) is 5.02 Å². The van der Waals surface area contributed by atoms with Crippen LogP contribution in [0.5, 0.6) is 0 Å². The van der Waals surface area contributed by atoms with E-state index in [4.69, 9.17) is 11.6 Å². The van der Waals surface area contributed by atoms with Gasteiger partial charge in [0.15, 0.2) is 5.65 Å². The van der Waals surface area contributed by atoms with Crippen molar-refractivity contribution in [2.45, 2.75) is 13.0 Å². The number of halogens is 3. The summed E-state index contributed by atoms with van der Waals surface area (Å²) in [6.07, 6.45) is 2.79. The van der Waals surface area contributed by atoms with Gasteiger partial charge in [-0.1, -0.05) is 11.6 Å². The van der Waals surface area contributed by atoms with Gasteiger partial charge in [0.25, 0.3) is 12.3 Å². The molecule has 9 heteroatoms. The highest BCUT2D eigenvalue weighted by atomic mass is 35.5. The zero-order valence-electron chi connectivity index (χ0n) is 12.5. The van der Waals surface area contributed by atoms with E-state index < -0.39 is 18.0 Å². The Morgan fingerprint density at radius 1 is 1.42 bits per heavy atom. The van der Waals surface area contributed by atoms with E-state index in [1.54, 1.807) is 12.1 Å². The van der Waals surface area contributed by atoms with Crippen LogP contribution >= 0.6 is 11.6 Å². The molecule has 3 aromatic rings. The standard InChI is InChI=1S/C15H12ClF2N5O/c1-22(8-10-6-9(16)2-3-20-10)15(24)13-12(14(17)18)21-11-7-19-4-5-23(11)13/h2-7,14H,8H2,1H3. The number of nitrogens with zero attached hydrogens (tertiary/aromatic N) is 5. The van der Waals surface area contributed by atoms with Gasteiger partial charge in [-0.25, -0.2) is 13.8 Å². The topological polar surface area (TPSA) is 63.4 Å². The summed E-state index contributed by atoms with van der Waals surface area (Å²) in [7, 11) is 1.50. The summed E-state index contributed by atoms with van der Waals surface area (Å²) in [5.74, 6) is -0.592. The Hall–Kier alpha value is -2.61. The molecule has 0 atom stereocenters. The maximum absolute atomic E-state index is 13.3. The van der Waals surface area contributed by atoms with Gasteiger partial charge in [0.2, 0.25) is 0 Å². The molecule has 1 amide bonds. The molecule has 0 aliphatic heterocycles. The van der Waals surface area contributed by atoms with Crippen molar-refractivity contribution in [2.24, 2.45) is 0 Å². The number of fused-ring (bicyclic) bond motifs is 1. The number of amides is 1. The molecule has 24 heavy (non-hydrogen) atoms. The molecule has 124 valence electrons. The molecule has 3 rings (SSSR count). The molecule has 0 aliphatic carbocycles. The summed E-state index contributed by atoms with van der Waals surface area (Å²) < 4.78 is 27.8. The van der Waals surface area contributed by atoms with Crippen LogP contribution < -0.4 is 0 Å². The highest BCUT2D eigenvalue weighted by Crippen LogP contribution is 2.24. The zero-order valence-corrected chi connectivity index (χ0v) is 13.3. The molecule has 0 unspecified atom stereocenters. The van der Waals surface area contributed by atoms with Crippen LogP contribution in [0, 0.1) is 0 Å². The first-order valence-corrected chi connectivity index (χ1v) is 7.31. The Bertz CT molecular complexity index is 898. The van der Waals surface area contributed by atoms with Crippen LogP contribution in [-0.2, 0) is 6.54 Å². The van der Waals surface area contributed by atoms with Crippen LogP contribution in [0.15, 0.2) is 36.9 Å². The third-order valence-electron chi connectivity index (χ3n) is 3.39. The van der Waals surface area contributed by atoms with E-state index in [-0.39, 0.29) is 17.9 Å². The normalized spacial score (nSPS) is 11.2. The van der Waals surface area contributed by atoms with Crippen LogP contribution in [-0.4, -0.2) is 37.2 Å². The molecular formula is C15H12ClF2N5O. The Kier molecular flexibility index (Phi) is 4.39. The first kappa shape index (κ1) is 16.3. The lowest BCUT2D eigenvalue weighted by Crippen LogP contribution is -2.28. The second-order valence-electron chi connectivity index (χ2n) is 5.08. The molecule has 0 aliphatic rings. The van der Waals surface area contributed by atoms with Gasteiger partial charge >= 0.3 is 0 Å². The minimum atomic E-state index is -2.87. The van der Waals surface area contributed by atoms with Crippen molar-refractivity contribution in [3.63, 3.8) is 0 Å². The monoisotopic (exact) mass is 351 g/mol. The molecule has 0 radical (unpaired) electrons. The number of aromatic nitrogens is 4. The van der Waals surface area contributed by atoms with Crippen molar-refractivity contribution in [3.8, 4) is 0 Å². The molecule has 0 saturated carbocycles. The van der Waals surface area contributed by atoms with Crippen molar-refractivity contribution < 1.29 is 13.6 Å². The fourth-order valence-electron chi connectivity index (χ4n) is 2.32. The summed E-state index contributed by atoms with van der Waals surface area (Å²) in [6, 6.07) is 3.22. The quantitative estimate of drug-likeness (QED) is 0.725. The largest absolute Gasteiger partial charge is 0.334 e. The zero-order chi connectivity index (χ0) is 17.3. The summed E-state index contributed by atoms with van der Waals surface area (Å²) in [5.41, 5.74) is -0.0244. The molecular weight excluding hydrogens is 340 g/mol. The van der Waals surface area contributed by atoms with Crippen LogP contribution in [0.3, 0.4) is 0 Å². The first-order valence-electron chi connectivity index (χ1n) is 6.93. The van der Waals surface area contributed by atoms with E-state index in [0.717, 1.165) is 0 Å². The van der Waals surface area contributed by atoms with Crippen LogP contribution in [0.25, 0.3) is 5.65 Å². The summed E-state index contributed by atoms with van der Waals surface area (Å²) >= 11 is 5.89. The van der Waals surface area contributed by atoms with Crippen LogP contribution in [0.4, 0.5) is 8.78 Å². The van der Waals surface area contributed by atoms with Gasteiger partial charge in [0.05, 0.1) is 18.4 Å². The summed E-state index contributed by atoms with van der Waals surface area (Å²) in [6.45, 7) is 0.125. The third-order valence-corrected chi connectivity index (χ3v) is 3.63. The second kappa shape index (κ2) is 6.48. The SMILES string of the molecule is CN(Cc1cc(Cl)ccn1)C(=O)c1c(C(F)F)nc2cnccn12. The Morgan fingerprint density at radius 3 is 2.92 bits per heavy atom. The van der Waals surface area contributed by atoms with Gasteiger partial charge in [-0.3, -0.25) is 19.2 Å². The van der Waals surface area contributed by atoms with Crippen LogP contribution in [0.1, 0.15) is 28.3 Å². The van der Waals surface area contributed by atoms with Gasteiger partial charge in [0.1, 0.15) is 11.4 Å². The number of alkyl halides is 2. The molecule has 0 bridgehead atoms. The predicted molar refractivity (Wildman–Crippen MR) is 83.0 cm³/mol. The lowest BCUT2D eigenvalue weighted by molar-refractivity contribution is 0.0762. The number of rotatable bonds is 4. The molecule has 0 saturated heterocycles. The van der Waals surface area contributed by atoms with Gasteiger partial charge in [0, 0.05) is 30.7 Å². The molecule has 3 aromatic heterocycles. The molecule has 0 aromatic carbocycles. The molecule has 6 nitrogen and oxygen atoms in total. The Labute approximate surface area is 140 Å². The Morgan fingerprint density at radius 2 is 2.21 bits per heavy atom. The number of carbonyl (C=O) groups excluding carboxylic acids is 1. The third kappa shape index (κ3) is 3.05. The van der Waals surface area contributed by atoms with Crippen molar-refractivity contribution >= 4 is 23.2 Å². The number of imidazole rings is 1. The highest BCUT2D eigenvalue weighted by molar-refractivity contribution is 6.30. The molecule has 0 spiro atoms. The second-order valence-corrected chi connectivity index (χ2v) is 5.51. The summed E-state index contributed by atoms with van der Waals surface area (Å²) in [5, 5.41) is 0.481. The average Bonchev–Trinajstić information content (AvgIpc) is 2.94. The predicted octanol–water partition coefficient (Wildman–Crippen LogP) is 2.99. The van der Waals surface area contributed by atoms with Gasteiger partial charge in [-0.05, 0) is 12.1 Å². The molecule has 0 fully saturated rings. The van der Waals surface area contributed by atoms with E-state index >= 15 is 0 Å². The minimum Gasteiger partial charge on any atom is -0.334 e. The maximum atomic E-state index is 13.3. The average molecular weight is 352 g/mol. The minimum absolute atomic E-state index is 0.125. The number of hydrogen-bond donors (Lipinski definition) is 0. The van der Waals surface area contributed by atoms with E-state index in [1.165, 1.54) is 41.1 Å². The number of carbonyl (C=O) groups is 1. The van der Waals surface area contributed by atoms with Gasteiger partial charge < -0.3 is 4.90 Å². The van der Waals surface area contributed by atoms with E-state index in [9.17, 15) is 13.6 Å².